The number of rotatable bonds is 7. The minimum atomic E-state index is 0.320. The van der Waals surface area contributed by atoms with E-state index >= 15 is 0 Å². The molecule has 0 unspecified atom stereocenters. The second-order valence-electron chi connectivity index (χ2n) is 19.4. The highest BCUT2D eigenvalue weighted by molar-refractivity contribution is 6.24. The van der Waals surface area contributed by atoms with Gasteiger partial charge in [-0.3, -0.25) is 4.57 Å². The third kappa shape index (κ3) is 5.82. The van der Waals surface area contributed by atoms with Gasteiger partial charge in [-0.1, -0.05) is 176 Å². The minimum Gasteiger partial charge on any atom is -0.307 e. The first-order valence-electron chi connectivity index (χ1n) is 23.8. The summed E-state index contributed by atoms with van der Waals surface area (Å²) in [6.07, 6.45) is 8.35. The van der Waals surface area contributed by atoms with Gasteiger partial charge in [0.1, 0.15) is 0 Å². The van der Waals surface area contributed by atoms with Crippen LogP contribution in [-0.2, 0) is 5.41 Å². The number of nitrogens with zero attached hydrogens (tertiary/aromatic N) is 5. The van der Waals surface area contributed by atoms with Crippen LogP contribution in [0.4, 0.5) is 0 Å². The first-order chi connectivity index (χ1) is 32.7. The number of fused-ring (bicyclic) bond motifs is 7. The zero-order chi connectivity index (χ0) is 43.3. The van der Waals surface area contributed by atoms with Crippen LogP contribution in [0.2, 0.25) is 0 Å². The van der Waals surface area contributed by atoms with Crippen molar-refractivity contribution in [1.82, 2.24) is 24.1 Å². The first-order valence-corrected chi connectivity index (χ1v) is 23.8. The van der Waals surface area contributed by atoms with Gasteiger partial charge in [0, 0.05) is 38.2 Å². The third-order valence-corrected chi connectivity index (χ3v) is 15.5. The molecule has 66 heavy (non-hydrogen) atoms. The quantitative estimate of drug-likeness (QED) is 0.160. The summed E-state index contributed by atoms with van der Waals surface area (Å²) in [5.41, 5.74) is 14.0. The van der Waals surface area contributed by atoms with Gasteiger partial charge in [-0.05, 0) is 102 Å². The maximum absolute atomic E-state index is 5.51. The van der Waals surface area contributed by atoms with Crippen molar-refractivity contribution < 1.29 is 0 Å². The van der Waals surface area contributed by atoms with E-state index in [1.54, 1.807) is 0 Å². The van der Waals surface area contributed by atoms with E-state index in [2.05, 4.69) is 203 Å². The average Bonchev–Trinajstić information content (AvgIpc) is 3.90. The second-order valence-corrected chi connectivity index (χ2v) is 19.4. The highest BCUT2D eigenvalue weighted by Gasteiger charge is 2.51. The van der Waals surface area contributed by atoms with Gasteiger partial charge in [0.15, 0.2) is 11.6 Å². The van der Waals surface area contributed by atoms with Gasteiger partial charge in [-0.25, -0.2) is 4.98 Å². The fraction of sp³-hybridized carbons (Fsp3) is 0.164. The predicted molar refractivity (Wildman–Crippen MR) is 270 cm³/mol. The summed E-state index contributed by atoms with van der Waals surface area (Å²) in [7, 11) is 0. The number of hydrogen-bond acceptors (Lipinski definition) is 3. The van der Waals surface area contributed by atoms with Gasteiger partial charge in [-0.15, -0.1) is 0 Å². The van der Waals surface area contributed by atoms with E-state index in [9.17, 15) is 0 Å². The molecule has 8 aromatic carbocycles. The third-order valence-electron chi connectivity index (χ3n) is 15.5. The molecule has 5 nitrogen and oxygen atoms in total. The summed E-state index contributed by atoms with van der Waals surface area (Å²) in [5, 5.41) is 4.65. The minimum absolute atomic E-state index is 0.320. The molecular formula is C61H47N5. The standard InChI is InChI=1S/C61H47N5/c1-4-15-42(16-5-1)47-23-14-26-54(55(47)43-17-6-2-7-18-43)65-52-24-12-10-21-48(52)50-31-32-51-49-22-11-13-25-53(49)66(57(51)56(50)65)60-63-58(44-19-8-3-9-20-44)62-59(64-60)45-27-29-46(30-28-45)61-36-39-33-40(37-61)35-41(34-39)38-61/h1-32,39-41H,33-38H2. The Bertz CT molecular complexity index is 3630. The Balaban J connectivity index is 1.05. The van der Waals surface area contributed by atoms with Crippen LogP contribution in [0, 0.1) is 17.8 Å². The van der Waals surface area contributed by atoms with Crippen molar-refractivity contribution in [2.75, 3.05) is 0 Å². The highest BCUT2D eigenvalue weighted by Crippen LogP contribution is 2.61. The maximum atomic E-state index is 5.51. The number of aromatic nitrogens is 5. The molecule has 3 heterocycles. The predicted octanol–water partition coefficient (Wildman–Crippen LogP) is 15.2. The molecule has 4 fully saturated rings. The monoisotopic (exact) mass is 849 g/mol. The molecule has 4 bridgehead atoms. The van der Waals surface area contributed by atoms with E-state index in [1.807, 2.05) is 0 Å². The van der Waals surface area contributed by atoms with Gasteiger partial charge in [-0.2, -0.15) is 9.97 Å². The van der Waals surface area contributed by atoms with E-state index in [4.69, 9.17) is 15.0 Å². The van der Waals surface area contributed by atoms with Crippen molar-refractivity contribution in [3.05, 3.63) is 200 Å². The van der Waals surface area contributed by atoms with Gasteiger partial charge >= 0.3 is 0 Å². The summed E-state index contributed by atoms with van der Waals surface area (Å²) < 4.78 is 4.81. The second kappa shape index (κ2) is 14.7. The molecule has 4 saturated carbocycles. The van der Waals surface area contributed by atoms with Gasteiger partial charge in [0.05, 0.1) is 27.8 Å². The lowest BCUT2D eigenvalue weighted by Crippen LogP contribution is -2.48. The van der Waals surface area contributed by atoms with Crippen LogP contribution >= 0.6 is 0 Å². The average molecular weight is 850 g/mol. The van der Waals surface area contributed by atoms with Crippen LogP contribution in [0.25, 0.3) is 100 Å². The van der Waals surface area contributed by atoms with Gasteiger partial charge in [0.25, 0.3) is 0 Å². The molecule has 0 radical (unpaired) electrons. The first kappa shape index (κ1) is 37.7. The highest BCUT2D eigenvalue weighted by atomic mass is 15.2. The summed E-state index contributed by atoms with van der Waals surface area (Å²) in [4.78, 5) is 16.2. The van der Waals surface area contributed by atoms with Crippen LogP contribution < -0.4 is 0 Å². The summed E-state index contributed by atoms with van der Waals surface area (Å²) in [5.74, 6) is 4.61. The molecule has 15 rings (SSSR count). The molecule has 5 heteroatoms. The SMILES string of the molecule is c1ccc(-c2nc(-c3ccc(C45CC6CC(CC(C6)C4)C5)cc3)nc(-n3c4ccccc4c4ccc5c6ccccc6n(-c6cccc(-c7ccccc7)c6-c6ccccc6)c5c43)n2)cc1. The molecule has 0 amide bonds. The molecule has 4 aliphatic carbocycles. The van der Waals surface area contributed by atoms with Crippen molar-refractivity contribution in [1.29, 1.82) is 0 Å². The lowest BCUT2D eigenvalue weighted by molar-refractivity contribution is -0.00518. The van der Waals surface area contributed by atoms with Crippen LogP contribution in [0.15, 0.2) is 194 Å². The van der Waals surface area contributed by atoms with Crippen LogP contribution in [0.1, 0.15) is 44.1 Å². The molecule has 316 valence electrons. The largest absolute Gasteiger partial charge is 0.307 e. The molecule has 3 aromatic heterocycles. The molecule has 4 aliphatic rings. The Kier molecular flexibility index (Phi) is 8.40. The summed E-state index contributed by atoms with van der Waals surface area (Å²) >= 11 is 0. The fourth-order valence-electron chi connectivity index (χ4n) is 13.2. The summed E-state index contributed by atoms with van der Waals surface area (Å²) in [6.45, 7) is 0. The van der Waals surface area contributed by atoms with Crippen molar-refractivity contribution in [2.24, 2.45) is 17.8 Å². The van der Waals surface area contributed by atoms with Crippen molar-refractivity contribution in [3.8, 4) is 56.7 Å². The molecule has 11 aromatic rings. The van der Waals surface area contributed by atoms with E-state index in [0.29, 0.717) is 23.0 Å². The number of para-hydroxylation sites is 2. The molecule has 0 saturated heterocycles. The van der Waals surface area contributed by atoms with E-state index in [-0.39, 0.29) is 0 Å². The van der Waals surface area contributed by atoms with Crippen LogP contribution in [0.5, 0.6) is 0 Å². The van der Waals surface area contributed by atoms with Crippen molar-refractivity contribution >= 4 is 43.6 Å². The lowest BCUT2D eigenvalue weighted by Gasteiger charge is -2.57. The van der Waals surface area contributed by atoms with Crippen LogP contribution in [0.3, 0.4) is 0 Å². The van der Waals surface area contributed by atoms with Crippen LogP contribution in [-0.4, -0.2) is 24.1 Å². The Morgan fingerprint density at radius 2 is 0.864 bits per heavy atom. The molecule has 0 spiro atoms. The van der Waals surface area contributed by atoms with E-state index < -0.39 is 0 Å². The Hall–Kier alpha value is -7.63. The van der Waals surface area contributed by atoms with Gasteiger partial charge < -0.3 is 4.57 Å². The molecule has 0 N–H and O–H groups in total. The normalized spacial score (nSPS) is 20.0. The Morgan fingerprint density at radius 1 is 0.379 bits per heavy atom. The Labute approximate surface area is 384 Å². The molecular weight excluding hydrogens is 803 g/mol. The topological polar surface area (TPSA) is 48.5 Å². The molecule has 0 aliphatic heterocycles. The smallest absolute Gasteiger partial charge is 0.238 e. The van der Waals surface area contributed by atoms with E-state index in [0.717, 1.165) is 73.0 Å². The maximum Gasteiger partial charge on any atom is 0.238 e. The number of hydrogen-bond donors (Lipinski definition) is 0. The number of benzene rings is 8. The lowest BCUT2D eigenvalue weighted by atomic mass is 9.48. The van der Waals surface area contributed by atoms with Gasteiger partial charge in [0.2, 0.25) is 5.95 Å². The van der Waals surface area contributed by atoms with E-state index in [1.165, 1.54) is 71.6 Å². The zero-order valence-electron chi connectivity index (χ0n) is 36.7. The zero-order valence-corrected chi connectivity index (χ0v) is 36.7. The molecule has 0 atom stereocenters. The fourth-order valence-corrected chi connectivity index (χ4v) is 13.2. The van der Waals surface area contributed by atoms with Crippen molar-refractivity contribution in [2.45, 2.75) is 43.9 Å². The summed E-state index contributed by atoms with van der Waals surface area (Å²) in [6, 6.07) is 70.3. The Morgan fingerprint density at radius 3 is 1.45 bits per heavy atom. The van der Waals surface area contributed by atoms with Crippen molar-refractivity contribution in [3.63, 3.8) is 0 Å².